The molecule has 86 valence electrons. The first-order valence-electron chi connectivity index (χ1n) is 5.62. The van der Waals surface area contributed by atoms with Gasteiger partial charge in [-0.15, -0.1) is 0 Å². The van der Waals surface area contributed by atoms with Gasteiger partial charge >= 0.3 is 0 Å². The summed E-state index contributed by atoms with van der Waals surface area (Å²) in [6, 6.07) is 1.76. The van der Waals surface area contributed by atoms with Gasteiger partial charge in [0.15, 0.2) is 0 Å². The topological polar surface area (TPSA) is 62.3 Å². The second kappa shape index (κ2) is 6.78. The van der Waals surface area contributed by atoms with E-state index in [2.05, 4.69) is 11.0 Å². The van der Waals surface area contributed by atoms with E-state index >= 15 is 0 Å². The van der Waals surface area contributed by atoms with Crippen LogP contribution in [0.4, 0.5) is 0 Å². The summed E-state index contributed by atoms with van der Waals surface area (Å²) in [6.07, 6.45) is 3.19. The Labute approximate surface area is 92.0 Å². The highest BCUT2D eigenvalue weighted by Gasteiger charge is 2.18. The number of rotatable bonds is 5. The molecule has 1 atom stereocenters. The van der Waals surface area contributed by atoms with E-state index in [-0.39, 0.29) is 6.04 Å². The Morgan fingerprint density at radius 2 is 2.20 bits per heavy atom. The number of nitriles is 1. The standard InChI is InChI=1S/C11H21N3O/c1-15-9-10-2-5-14(6-3-10)7-4-11(13)8-12/h10-11H,2-7,9,13H2,1H3. The lowest BCUT2D eigenvalue weighted by Crippen LogP contribution is -2.37. The molecule has 0 amide bonds. The number of nitrogens with zero attached hydrogens (tertiary/aromatic N) is 2. The van der Waals surface area contributed by atoms with Crippen LogP contribution in [0.2, 0.25) is 0 Å². The highest BCUT2D eigenvalue weighted by molar-refractivity contribution is 4.87. The van der Waals surface area contributed by atoms with Crippen LogP contribution in [-0.4, -0.2) is 44.3 Å². The second-order valence-electron chi connectivity index (χ2n) is 4.26. The zero-order valence-corrected chi connectivity index (χ0v) is 9.48. The molecule has 4 heteroatoms. The van der Waals surface area contributed by atoms with E-state index in [9.17, 15) is 0 Å². The molecular weight excluding hydrogens is 190 g/mol. The van der Waals surface area contributed by atoms with Crippen LogP contribution in [0.5, 0.6) is 0 Å². The Morgan fingerprint density at radius 3 is 2.73 bits per heavy atom. The highest BCUT2D eigenvalue weighted by atomic mass is 16.5. The Bertz CT molecular complexity index is 206. The third-order valence-corrected chi connectivity index (χ3v) is 3.03. The van der Waals surface area contributed by atoms with E-state index in [1.165, 1.54) is 12.8 Å². The van der Waals surface area contributed by atoms with Crippen molar-refractivity contribution < 1.29 is 4.74 Å². The maximum Gasteiger partial charge on any atom is 0.0940 e. The van der Waals surface area contributed by atoms with Gasteiger partial charge in [0.05, 0.1) is 12.1 Å². The molecule has 1 saturated heterocycles. The molecule has 0 saturated carbocycles. The van der Waals surface area contributed by atoms with Gasteiger partial charge in [-0.1, -0.05) is 0 Å². The molecule has 1 heterocycles. The van der Waals surface area contributed by atoms with Crippen LogP contribution in [0, 0.1) is 17.2 Å². The van der Waals surface area contributed by atoms with Crippen molar-refractivity contribution in [2.24, 2.45) is 11.7 Å². The van der Waals surface area contributed by atoms with Crippen molar-refractivity contribution in [3.05, 3.63) is 0 Å². The average Bonchev–Trinajstić information content (AvgIpc) is 2.28. The third-order valence-electron chi connectivity index (χ3n) is 3.03. The fourth-order valence-electron chi connectivity index (χ4n) is 2.00. The van der Waals surface area contributed by atoms with E-state index < -0.39 is 0 Å². The molecule has 4 nitrogen and oxygen atoms in total. The summed E-state index contributed by atoms with van der Waals surface area (Å²) in [4.78, 5) is 2.39. The number of hydrogen-bond donors (Lipinski definition) is 1. The van der Waals surface area contributed by atoms with E-state index in [1.54, 1.807) is 7.11 Å². The van der Waals surface area contributed by atoms with Gasteiger partial charge in [-0.25, -0.2) is 0 Å². The fraction of sp³-hybridized carbons (Fsp3) is 0.909. The third kappa shape index (κ3) is 4.61. The van der Waals surface area contributed by atoms with Gasteiger partial charge in [0.1, 0.15) is 0 Å². The first-order chi connectivity index (χ1) is 7.26. The van der Waals surface area contributed by atoms with Gasteiger partial charge in [-0.3, -0.25) is 0 Å². The smallest absolute Gasteiger partial charge is 0.0940 e. The molecule has 0 radical (unpaired) electrons. The molecule has 0 aliphatic carbocycles. The van der Waals surface area contributed by atoms with Gasteiger partial charge in [0, 0.05) is 20.3 Å². The monoisotopic (exact) mass is 211 g/mol. The maximum absolute atomic E-state index is 8.57. The van der Waals surface area contributed by atoms with Crippen molar-refractivity contribution in [1.29, 1.82) is 5.26 Å². The minimum Gasteiger partial charge on any atom is -0.384 e. The molecule has 1 unspecified atom stereocenters. The van der Waals surface area contributed by atoms with Gasteiger partial charge in [0.2, 0.25) is 0 Å². The predicted octanol–water partition coefficient (Wildman–Crippen LogP) is 0.586. The molecular formula is C11H21N3O. The maximum atomic E-state index is 8.57. The van der Waals surface area contributed by atoms with Crippen molar-refractivity contribution in [2.75, 3.05) is 33.4 Å². The lowest BCUT2D eigenvalue weighted by atomic mass is 9.97. The summed E-state index contributed by atoms with van der Waals surface area (Å²) in [6.45, 7) is 4.07. The molecule has 1 aliphatic rings. The first kappa shape index (κ1) is 12.4. The molecule has 0 aromatic carbocycles. The normalized spacial score (nSPS) is 21.1. The molecule has 0 bridgehead atoms. The summed E-state index contributed by atoms with van der Waals surface area (Å²) in [5.41, 5.74) is 5.56. The first-order valence-corrected chi connectivity index (χ1v) is 5.62. The Morgan fingerprint density at radius 1 is 1.53 bits per heavy atom. The van der Waals surface area contributed by atoms with E-state index in [0.29, 0.717) is 0 Å². The van der Waals surface area contributed by atoms with E-state index in [4.69, 9.17) is 15.7 Å². The van der Waals surface area contributed by atoms with Crippen LogP contribution >= 0.6 is 0 Å². The highest BCUT2D eigenvalue weighted by Crippen LogP contribution is 2.17. The van der Waals surface area contributed by atoms with Crippen molar-refractivity contribution in [2.45, 2.75) is 25.3 Å². The lowest BCUT2D eigenvalue weighted by Gasteiger charge is -2.31. The zero-order chi connectivity index (χ0) is 11.1. The Hall–Kier alpha value is -0.630. The summed E-state index contributed by atoms with van der Waals surface area (Å²) in [5.74, 6) is 0.718. The van der Waals surface area contributed by atoms with Crippen LogP contribution in [0.15, 0.2) is 0 Å². The van der Waals surface area contributed by atoms with Crippen LogP contribution in [0.3, 0.4) is 0 Å². The van der Waals surface area contributed by atoms with Crippen LogP contribution in [-0.2, 0) is 4.74 Å². The summed E-state index contributed by atoms with van der Waals surface area (Å²) < 4.78 is 5.15. The summed E-state index contributed by atoms with van der Waals surface area (Å²) in [7, 11) is 1.76. The number of nitrogens with two attached hydrogens (primary N) is 1. The SMILES string of the molecule is COCC1CCN(CCC(N)C#N)CC1. The molecule has 0 spiro atoms. The van der Waals surface area contributed by atoms with E-state index in [1.807, 2.05) is 0 Å². The largest absolute Gasteiger partial charge is 0.384 e. The van der Waals surface area contributed by atoms with Crippen molar-refractivity contribution in [3.8, 4) is 6.07 Å². The Kier molecular flexibility index (Phi) is 5.62. The van der Waals surface area contributed by atoms with E-state index in [0.717, 1.165) is 38.6 Å². The molecule has 0 aromatic rings. The second-order valence-corrected chi connectivity index (χ2v) is 4.26. The minimum absolute atomic E-state index is 0.304. The van der Waals surface area contributed by atoms with Gasteiger partial charge < -0.3 is 15.4 Å². The lowest BCUT2D eigenvalue weighted by molar-refractivity contribution is 0.0988. The zero-order valence-electron chi connectivity index (χ0n) is 9.48. The van der Waals surface area contributed by atoms with Gasteiger partial charge in [0.25, 0.3) is 0 Å². The molecule has 0 aromatic heterocycles. The number of piperidine rings is 1. The van der Waals surface area contributed by atoms with Gasteiger partial charge in [-0.05, 0) is 38.3 Å². The van der Waals surface area contributed by atoms with Gasteiger partial charge in [-0.2, -0.15) is 5.26 Å². The average molecular weight is 211 g/mol. The predicted molar refractivity (Wildman–Crippen MR) is 59.2 cm³/mol. The number of methoxy groups -OCH3 is 1. The quantitative estimate of drug-likeness (QED) is 0.723. The molecule has 1 fully saturated rings. The number of hydrogen-bond acceptors (Lipinski definition) is 4. The summed E-state index contributed by atoms with van der Waals surface area (Å²) in [5, 5.41) is 8.57. The van der Waals surface area contributed by atoms with Crippen LogP contribution < -0.4 is 5.73 Å². The molecule has 2 N–H and O–H groups in total. The molecule has 1 aliphatic heterocycles. The molecule has 15 heavy (non-hydrogen) atoms. The molecule has 1 rings (SSSR count). The minimum atomic E-state index is -0.304. The number of likely N-dealkylation sites (tertiary alicyclic amines) is 1. The van der Waals surface area contributed by atoms with Crippen molar-refractivity contribution in [3.63, 3.8) is 0 Å². The van der Waals surface area contributed by atoms with Crippen LogP contribution in [0.25, 0.3) is 0 Å². The van der Waals surface area contributed by atoms with Crippen molar-refractivity contribution >= 4 is 0 Å². The number of ether oxygens (including phenoxy) is 1. The van der Waals surface area contributed by atoms with Crippen LogP contribution in [0.1, 0.15) is 19.3 Å². The fourth-order valence-corrected chi connectivity index (χ4v) is 2.00. The summed E-state index contributed by atoms with van der Waals surface area (Å²) >= 11 is 0. The Balaban J connectivity index is 2.12. The van der Waals surface area contributed by atoms with Crippen molar-refractivity contribution in [1.82, 2.24) is 4.90 Å².